The highest BCUT2D eigenvalue weighted by Crippen LogP contribution is 2.45. The zero-order valence-electron chi connectivity index (χ0n) is 51.9. The number of rotatable bonds is 62. The summed E-state index contributed by atoms with van der Waals surface area (Å²) < 4.78 is 67.8. The van der Waals surface area contributed by atoms with Gasteiger partial charge >= 0.3 is 39.5 Å². The number of hydrogen-bond donors (Lipinski definition) is 3. The lowest BCUT2D eigenvalue weighted by Crippen LogP contribution is -2.30. The summed E-state index contributed by atoms with van der Waals surface area (Å²) in [6.45, 7) is 7.05. The fourth-order valence-corrected chi connectivity index (χ4v) is 10.8. The van der Waals surface area contributed by atoms with Crippen LogP contribution in [-0.2, 0) is 65.4 Å². The average molecular weight is 1200 g/mol. The number of phosphoric ester groups is 2. The maximum Gasteiger partial charge on any atom is 0.472 e. The Morgan fingerprint density at radius 2 is 0.568 bits per heavy atom. The van der Waals surface area contributed by atoms with E-state index in [-0.39, 0.29) is 25.7 Å². The fourth-order valence-electron chi connectivity index (χ4n) is 9.23. The van der Waals surface area contributed by atoms with E-state index in [1.807, 2.05) is 0 Å². The number of carbonyl (C=O) groups is 4. The molecule has 0 radical (unpaired) electrons. The topological polar surface area (TPSA) is 237 Å². The fraction of sp³-hybridized carbons (Fsp3) is 0.935. The average Bonchev–Trinajstić information content (AvgIpc) is 3.43. The number of phosphoric acid groups is 2. The first kappa shape index (κ1) is 79.1. The van der Waals surface area contributed by atoms with E-state index in [2.05, 4.69) is 34.6 Å². The zero-order valence-corrected chi connectivity index (χ0v) is 53.7. The summed E-state index contributed by atoms with van der Waals surface area (Å²) in [5.41, 5.74) is 0. The van der Waals surface area contributed by atoms with E-state index in [9.17, 15) is 43.2 Å². The molecule has 0 saturated carbocycles. The van der Waals surface area contributed by atoms with Gasteiger partial charge in [-0.15, -0.1) is 0 Å². The van der Waals surface area contributed by atoms with Gasteiger partial charge in [0.15, 0.2) is 12.2 Å². The second-order valence-electron chi connectivity index (χ2n) is 22.9. The highest BCUT2D eigenvalue weighted by atomic mass is 31.2. The minimum absolute atomic E-state index is 0.105. The van der Waals surface area contributed by atoms with Crippen molar-refractivity contribution in [1.29, 1.82) is 0 Å². The molecule has 0 heterocycles. The van der Waals surface area contributed by atoms with Crippen molar-refractivity contribution < 1.29 is 80.2 Å². The quantitative estimate of drug-likeness (QED) is 0.0222. The van der Waals surface area contributed by atoms with Gasteiger partial charge in [-0.05, 0) is 31.6 Å². The predicted octanol–water partition coefficient (Wildman–Crippen LogP) is 17.0. The Labute approximate surface area is 492 Å². The van der Waals surface area contributed by atoms with Crippen molar-refractivity contribution in [3.63, 3.8) is 0 Å². The van der Waals surface area contributed by atoms with Gasteiger partial charge in [-0.2, -0.15) is 0 Å². The van der Waals surface area contributed by atoms with Crippen molar-refractivity contribution in [2.75, 3.05) is 39.6 Å². The number of esters is 4. The highest BCUT2D eigenvalue weighted by molar-refractivity contribution is 7.47. The first-order chi connectivity index (χ1) is 39.0. The van der Waals surface area contributed by atoms with Crippen molar-refractivity contribution in [1.82, 2.24) is 0 Å². The third-order valence-electron chi connectivity index (χ3n) is 14.3. The maximum atomic E-state index is 12.9. The third-order valence-corrected chi connectivity index (χ3v) is 16.2. The van der Waals surface area contributed by atoms with Crippen LogP contribution in [0.4, 0.5) is 0 Å². The molecule has 3 N–H and O–H groups in total. The van der Waals surface area contributed by atoms with E-state index in [1.165, 1.54) is 116 Å². The molecular weight excluding hydrogens is 1080 g/mol. The van der Waals surface area contributed by atoms with Gasteiger partial charge in [0.05, 0.1) is 26.4 Å². The molecule has 0 rings (SSSR count). The van der Waals surface area contributed by atoms with Crippen LogP contribution in [0.25, 0.3) is 0 Å². The Hall–Kier alpha value is -1.94. The van der Waals surface area contributed by atoms with Crippen LogP contribution < -0.4 is 0 Å². The van der Waals surface area contributed by atoms with Gasteiger partial charge in [-0.3, -0.25) is 37.3 Å². The number of hydrogen-bond acceptors (Lipinski definition) is 15. The van der Waals surface area contributed by atoms with Crippen LogP contribution in [0.2, 0.25) is 0 Å². The number of aliphatic hydroxyl groups excluding tert-OH is 1. The number of ether oxygens (including phenoxy) is 4. The van der Waals surface area contributed by atoms with Crippen LogP contribution in [0, 0.1) is 5.92 Å². The number of carbonyl (C=O) groups excluding carboxylic acids is 4. The molecular formula is C62H120O17P2. The first-order valence-electron chi connectivity index (χ1n) is 32.6. The molecule has 0 aliphatic heterocycles. The van der Waals surface area contributed by atoms with Crippen LogP contribution >= 0.6 is 15.6 Å². The van der Waals surface area contributed by atoms with Gasteiger partial charge < -0.3 is 33.8 Å². The van der Waals surface area contributed by atoms with Crippen molar-refractivity contribution in [2.24, 2.45) is 5.92 Å². The summed E-state index contributed by atoms with van der Waals surface area (Å²) in [6.07, 6.45) is 39.2. The summed E-state index contributed by atoms with van der Waals surface area (Å²) in [5.74, 6) is -1.46. The van der Waals surface area contributed by atoms with E-state index in [0.29, 0.717) is 31.6 Å². The Bertz CT molecular complexity index is 1580. The van der Waals surface area contributed by atoms with Gasteiger partial charge in [0.2, 0.25) is 0 Å². The van der Waals surface area contributed by atoms with Crippen molar-refractivity contribution in [3.8, 4) is 0 Å². The molecule has 2 unspecified atom stereocenters. The Balaban J connectivity index is 5.17. The lowest BCUT2D eigenvalue weighted by Gasteiger charge is -2.21. The molecule has 0 aromatic heterocycles. The van der Waals surface area contributed by atoms with Gasteiger partial charge in [0.25, 0.3) is 0 Å². The van der Waals surface area contributed by atoms with Crippen molar-refractivity contribution >= 4 is 39.5 Å². The number of aliphatic hydroxyl groups is 1. The molecule has 0 aliphatic carbocycles. The van der Waals surface area contributed by atoms with Crippen LogP contribution in [0.5, 0.6) is 0 Å². The summed E-state index contributed by atoms with van der Waals surface area (Å²) in [4.78, 5) is 71.9. The van der Waals surface area contributed by atoms with Gasteiger partial charge in [-0.25, -0.2) is 9.13 Å². The molecule has 480 valence electrons. The van der Waals surface area contributed by atoms with E-state index in [1.54, 1.807) is 0 Å². The van der Waals surface area contributed by atoms with E-state index >= 15 is 0 Å². The molecule has 0 amide bonds. The van der Waals surface area contributed by atoms with Gasteiger partial charge in [0, 0.05) is 25.7 Å². The second-order valence-corrected chi connectivity index (χ2v) is 25.8. The summed E-state index contributed by atoms with van der Waals surface area (Å²) in [7, 11) is -9.87. The lowest BCUT2D eigenvalue weighted by atomic mass is 10.0. The Morgan fingerprint density at radius 3 is 0.840 bits per heavy atom. The highest BCUT2D eigenvalue weighted by Gasteiger charge is 2.30. The minimum atomic E-state index is -4.94. The molecule has 0 bridgehead atoms. The summed E-state index contributed by atoms with van der Waals surface area (Å²) in [6, 6.07) is 0. The monoisotopic (exact) mass is 1200 g/mol. The SMILES string of the molecule is CCCCCCCCCCCCCCCCCCC(=O)O[C@H](COC(=O)CCCCCCCCC(C)C)COP(=O)(O)OC[C@@H](O)COP(=O)(O)OC[C@@H](COC(=O)CCCCCCCCCC)OC(=O)CCCCCCCCCC. The molecule has 17 nitrogen and oxygen atoms in total. The van der Waals surface area contributed by atoms with Crippen LogP contribution in [0.1, 0.15) is 311 Å². The predicted molar refractivity (Wildman–Crippen MR) is 322 cm³/mol. The Morgan fingerprint density at radius 1 is 0.333 bits per heavy atom. The van der Waals surface area contributed by atoms with Crippen LogP contribution in [0.15, 0.2) is 0 Å². The Kier molecular flexibility index (Phi) is 54.6. The van der Waals surface area contributed by atoms with Crippen LogP contribution in [-0.4, -0.2) is 96.7 Å². The van der Waals surface area contributed by atoms with E-state index in [4.69, 9.17) is 37.0 Å². The second kappa shape index (κ2) is 55.9. The third kappa shape index (κ3) is 56.9. The van der Waals surface area contributed by atoms with Crippen molar-refractivity contribution in [2.45, 2.75) is 329 Å². The smallest absolute Gasteiger partial charge is 0.462 e. The molecule has 0 aromatic rings. The van der Waals surface area contributed by atoms with Crippen molar-refractivity contribution in [3.05, 3.63) is 0 Å². The van der Waals surface area contributed by atoms with E-state index < -0.39 is 97.5 Å². The van der Waals surface area contributed by atoms with Gasteiger partial charge in [-0.1, -0.05) is 259 Å². The lowest BCUT2D eigenvalue weighted by molar-refractivity contribution is -0.161. The molecule has 5 atom stereocenters. The normalized spacial score (nSPS) is 14.3. The molecule has 19 heteroatoms. The first-order valence-corrected chi connectivity index (χ1v) is 35.6. The zero-order chi connectivity index (χ0) is 59.9. The molecule has 0 aliphatic rings. The summed E-state index contributed by atoms with van der Waals surface area (Å²) >= 11 is 0. The molecule has 0 aromatic carbocycles. The standard InChI is InChI=1S/C62H120O17P2/c1-6-9-12-15-18-21-22-23-24-25-26-27-28-31-38-43-48-62(67)79-58(52-73-60(65)46-41-36-33-32-34-39-44-55(4)5)54-77-81(70,71)75-50-56(63)49-74-80(68,69)76-53-57(78-61(66)47-42-37-30-20-17-14-11-8-3)51-72-59(64)45-40-35-29-19-16-13-10-7-2/h55-58,63H,6-54H2,1-5H3,(H,68,69)(H,70,71)/t56-,57+,58+/m0/s1. The van der Waals surface area contributed by atoms with E-state index in [0.717, 1.165) is 109 Å². The molecule has 0 fully saturated rings. The number of unbranched alkanes of at least 4 members (excludes halogenated alkanes) is 34. The molecule has 0 spiro atoms. The van der Waals surface area contributed by atoms with Crippen LogP contribution in [0.3, 0.4) is 0 Å². The molecule has 81 heavy (non-hydrogen) atoms. The molecule has 0 saturated heterocycles. The summed E-state index contributed by atoms with van der Waals surface area (Å²) in [5, 5.41) is 10.5. The minimum Gasteiger partial charge on any atom is -0.462 e. The van der Waals surface area contributed by atoms with Gasteiger partial charge in [0.1, 0.15) is 19.3 Å². The largest absolute Gasteiger partial charge is 0.472 e. The maximum absolute atomic E-state index is 12.9.